The Labute approximate surface area is 186 Å². The van der Waals surface area contributed by atoms with Crippen molar-refractivity contribution in [1.82, 2.24) is 0 Å². The van der Waals surface area contributed by atoms with E-state index in [1.807, 2.05) is 26.8 Å². The molecule has 1 aliphatic rings. The Balaban J connectivity index is 1.88. The Morgan fingerprint density at radius 2 is 1.66 bits per heavy atom. The molecule has 1 heterocycles. The van der Waals surface area contributed by atoms with Gasteiger partial charge in [-0.1, -0.05) is 23.3 Å². The number of fused-ring (bicyclic) bond motifs is 1. The third kappa shape index (κ3) is 4.82. The van der Waals surface area contributed by atoms with Crippen LogP contribution in [0.3, 0.4) is 0 Å². The van der Waals surface area contributed by atoms with Crippen molar-refractivity contribution in [2.75, 3.05) is 0 Å². The minimum absolute atomic E-state index is 0.0394. The predicted octanol–water partition coefficient (Wildman–Crippen LogP) is 5.16. The fraction of sp³-hybridized carbons (Fsp3) is 0.320. The van der Waals surface area contributed by atoms with Crippen molar-refractivity contribution < 1.29 is 35.1 Å². The van der Waals surface area contributed by atoms with Crippen LogP contribution in [-0.2, 0) is 6.42 Å². The molecule has 2 aromatic carbocycles. The highest BCUT2D eigenvalue weighted by Crippen LogP contribution is 2.48. The second kappa shape index (κ2) is 9.26. The summed E-state index contributed by atoms with van der Waals surface area (Å²) in [5.41, 5.74) is 2.48. The summed E-state index contributed by atoms with van der Waals surface area (Å²) >= 11 is 0. The summed E-state index contributed by atoms with van der Waals surface area (Å²) in [6, 6.07) is 3.32. The molecule has 0 aromatic heterocycles. The molecular weight excluding hydrogens is 412 g/mol. The van der Waals surface area contributed by atoms with Gasteiger partial charge in [-0.3, -0.25) is 4.79 Å². The van der Waals surface area contributed by atoms with Gasteiger partial charge in [0.25, 0.3) is 0 Å². The van der Waals surface area contributed by atoms with Crippen LogP contribution >= 0.6 is 0 Å². The summed E-state index contributed by atoms with van der Waals surface area (Å²) in [6.07, 6.45) is 4.76. The van der Waals surface area contributed by atoms with Crippen LogP contribution in [0.1, 0.15) is 67.6 Å². The molecule has 0 saturated carbocycles. The highest BCUT2D eigenvalue weighted by Gasteiger charge is 2.35. The SMILES string of the molecule is CC(C)=CCC/C(C)=C/Cc1c(O)cc2c(c1O)C(=O)C[C@@H](c1c(O)cc(O)cc1O)O2. The lowest BCUT2D eigenvalue weighted by Gasteiger charge is -2.28. The van der Waals surface area contributed by atoms with Crippen LogP contribution < -0.4 is 4.74 Å². The Morgan fingerprint density at radius 1 is 1.00 bits per heavy atom. The number of carbonyl (C=O) groups excluding carboxylic acids is 1. The van der Waals surface area contributed by atoms with Crippen LogP contribution in [0.15, 0.2) is 41.5 Å². The van der Waals surface area contributed by atoms with Crippen molar-refractivity contribution in [2.24, 2.45) is 0 Å². The summed E-state index contributed by atoms with van der Waals surface area (Å²) in [7, 11) is 0. The lowest BCUT2D eigenvalue weighted by atomic mass is 9.92. The van der Waals surface area contributed by atoms with E-state index >= 15 is 0 Å². The molecule has 0 radical (unpaired) electrons. The van der Waals surface area contributed by atoms with Crippen LogP contribution in [0.4, 0.5) is 0 Å². The van der Waals surface area contributed by atoms with Gasteiger partial charge in [-0.15, -0.1) is 0 Å². The first kappa shape index (κ1) is 23.1. The number of hydrogen-bond acceptors (Lipinski definition) is 7. The Kier molecular flexibility index (Phi) is 6.67. The molecule has 170 valence electrons. The zero-order valence-electron chi connectivity index (χ0n) is 18.3. The normalized spacial score (nSPS) is 15.8. The van der Waals surface area contributed by atoms with Gasteiger partial charge in [0.2, 0.25) is 0 Å². The molecule has 0 spiro atoms. The van der Waals surface area contributed by atoms with Crippen molar-refractivity contribution in [3.05, 3.63) is 58.2 Å². The van der Waals surface area contributed by atoms with E-state index in [1.54, 1.807) is 0 Å². The van der Waals surface area contributed by atoms with Crippen molar-refractivity contribution in [1.29, 1.82) is 0 Å². The molecule has 32 heavy (non-hydrogen) atoms. The minimum atomic E-state index is -1.04. The van der Waals surface area contributed by atoms with Crippen molar-refractivity contribution >= 4 is 5.78 Å². The Bertz CT molecular complexity index is 1080. The van der Waals surface area contributed by atoms with E-state index in [2.05, 4.69) is 6.08 Å². The number of phenolic OH excluding ortho intramolecular Hbond substituents is 5. The quantitative estimate of drug-likeness (QED) is 0.393. The van der Waals surface area contributed by atoms with Crippen LogP contribution in [0.2, 0.25) is 0 Å². The van der Waals surface area contributed by atoms with E-state index in [-0.39, 0.29) is 52.5 Å². The highest BCUT2D eigenvalue weighted by molar-refractivity contribution is 6.03. The van der Waals surface area contributed by atoms with Gasteiger partial charge in [-0.2, -0.15) is 0 Å². The van der Waals surface area contributed by atoms with Gasteiger partial charge in [0.05, 0.1) is 12.0 Å². The number of phenols is 5. The van der Waals surface area contributed by atoms with E-state index in [0.717, 1.165) is 30.5 Å². The number of Topliss-reactive ketones (excluding diaryl/α,β-unsaturated/α-hetero) is 1. The number of benzene rings is 2. The lowest BCUT2D eigenvalue weighted by molar-refractivity contribution is 0.0838. The number of ether oxygens (including phenoxy) is 1. The molecule has 0 amide bonds. The zero-order valence-corrected chi connectivity index (χ0v) is 18.3. The summed E-state index contributed by atoms with van der Waals surface area (Å²) in [5.74, 6) is -2.24. The number of carbonyl (C=O) groups is 1. The number of hydrogen-bond donors (Lipinski definition) is 5. The Morgan fingerprint density at radius 3 is 2.28 bits per heavy atom. The molecule has 2 aromatic rings. The first-order valence-corrected chi connectivity index (χ1v) is 10.4. The average molecular weight is 440 g/mol. The molecule has 0 saturated heterocycles. The van der Waals surface area contributed by atoms with Crippen LogP contribution in [0.25, 0.3) is 0 Å². The zero-order chi connectivity index (χ0) is 23.6. The largest absolute Gasteiger partial charge is 0.508 e. The molecule has 3 rings (SSSR count). The maximum absolute atomic E-state index is 12.8. The number of ketones is 1. The third-order valence-electron chi connectivity index (χ3n) is 5.45. The molecule has 0 aliphatic carbocycles. The fourth-order valence-corrected chi connectivity index (χ4v) is 3.77. The van der Waals surface area contributed by atoms with Gasteiger partial charge in [0.1, 0.15) is 46.2 Å². The van der Waals surface area contributed by atoms with Gasteiger partial charge in [-0.25, -0.2) is 0 Å². The first-order chi connectivity index (χ1) is 15.1. The fourth-order valence-electron chi connectivity index (χ4n) is 3.77. The standard InChI is InChI=1S/C25H28O7/c1-13(2)5-4-6-14(3)7-8-16-17(27)11-22-24(25(16)31)20(30)12-21(32-22)23-18(28)9-15(26)10-19(23)29/h5,7,9-11,21,26-29,31H,4,6,8,12H2,1-3H3/b14-7+/t21-/m0/s1. The van der Waals surface area contributed by atoms with Gasteiger partial charge >= 0.3 is 0 Å². The molecule has 0 fully saturated rings. The van der Waals surface area contributed by atoms with E-state index in [1.165, 1.54) is 11.6 Å². The summed E-state index contributed by atoms with van der Waals surface area (Å²) < 4.78 is 5.74. The van der Waals surface area contributed by atoms with Gasteiger partial charge in [0.15, 0.2) is 5.78 Å². The van der Waals surface area contributed by atoms with Gasteiger partial charge < -0.3 is 30.3 Å². The molecule has 0 bridgehead atoms. The first-order valence-electron chi connectivity index (χ1n) is 10.4. The van der Waals surface area contributed by atoms with Crippen molar-refractivity contribution in [3.8, 4) is 34.5 Å². The number of aromatic hydroxyl groups is 5. The molecular formula is C25H28O7. The maximum atomic E-state index is 12.8. The third-order valence-corrected chi connectivity index (χ3v) is 5.45. The summed E-state index contributed by atoms with van der Waals surface area (Å²) in [6.45, 7) is 6.05. The molecule has 1 aliphatic heterocycles. The maximum Gasteiger partial charge on any atom is 0.174 e. The van der Waals surface area contributed by atoms with E-state index in [0.29, 0.717) is 0 Å². The minimum Gasteiger partial charge on any atom is -0.508 e. The van der Waals surface area contributed by atoms with Crippen molar-refractivity contribution in [3.63, 3.8) is 0 Å². The summed E-state index contributed by atoms with van der Waals surface area (Å²) in [5, 5.41) is 50.9. The van der Waals surface area contributed by atoms with E-state index < -0.39 is 23.4 Å². The van der Waals surface area contributed by atoms with Gasteiger partial charge in [-0.05, 0) is 40.0 Å². The topological polar surface area (TPSA) is 127 Å². The Hall–Kier alpha value is -3.61. The number of allylic oxidation sites excluding steroid dienone is 4. The van der Waals surface area contributed by atoms with E-state index in [9.17, 15) is 30.3 Å². The molecule has 5 N–H and O–H groups in total. The monoisotopic (exact) mass is 440 g/mol. The second-order valence-electron chi connectivity index (χ2n) is 8.30. The van der Waals surface area contributed by atoms with Crippen LogP contribution in [-0.4, -0.2) is 31.3 Å². The lowest BCUT2D eigenvalue weighted by Crippen LogP contribution is -2.21. The molecule has 7 nitrogen and oxygen atoms in total. The smallest absolute Gasteiger partial charge is 0.174 e. The van der Waals surface area contributed by atoms with Crippen molar-refractivity contribution in [2.45, 2.75) is 52.6 Å². The summed E-state index contributed by atoms with van der Waals surface area (Å²) in [4.78, 5) is 12.8. The van der Waals surface area contributed by atoms with Crippen LogP contribution in [0, 0.1) is 0 Å². The second-order valence-corrected chi connectivity index (χ2v) is 8.30. The van der Waals surface area contributed by atoms with Crippen LogP contribution in [0.5, 0.6) is 34.5 Å². The van der Waals surface area contributed by atoms with E-state index in [4.69, 9.17) is 4.74 Å². The molecule has 0 unspecified atom stereocenters. The molecule has 7 heteroatoms. The number of rotatable bonds is 6. The highest BCUT2D eigenvalue weighted by atomic mass is 16.5. The molecule has 1 atom stereocenters. The van der Waals surface area contributed by atoms with Gasteiger partial charge in [0, 0.05) is 23.8 Å². The average Bonchev–Trinajstić information content (AvgIpc) is 2.66. The predicted molar refractivity (Wildman–Crippen MR) is 120 cm³/mol.